The van der Waals surface area contributed by atoms with E-state index >= 15 is 0 Å². The lowest BCUT2D eigenvalue weighted by Gasteiger charge is -2.39. The van der Waals surface area contributed by atoms with Crippen LogP contribution in [-0.2, 0) is 15.3 Å². The molecule has 1 fully saturated rings. The smallest absolute Gasteiger partial charge is 0.322 e. The highest BCUT2D eigenvalue weighted by Crippen LogP contribution is 2.46. The molecule has 8 nitrogen and oxygen atoms in total. The van der Waals surface area contributed by atoms with Crippen LogP contribution in [0.2, 0.25) is 0 Å². The third kappa shape index (κ3) is 4.63. The lowest BCUT2D eigenvalue weighted by molar-refractivity contribution is -0.144. The Morgan fingerprint density at radius 1 is 1.05 bits per heavy atom. The molecule has 6 rings (SSSR count). The van der Waals surface area contributed by atoms with Gasteiger partial charge in [0, 0.05) is 28.5 Å². The van der Waals surface area contributed by atoms with Crippen molar-refractivity contribution in [2.45, 2.75) is 41.4 Å². The number of nitrogens with one attached hydrogen (secondary N) is 2. The minimum atomic E-state index is -0.395. The van der Waals surface area contributed by atoms with Crippen LogP contribution in [0.3, 0.4) is 0 Å². The maximum Gasteiger partial charge on any atom is 0.322 e. The maximum atomic E-state index is 12.6. The SMILES string of the molecule is COC(=O)[C@@H]1C[C@H]2c3ccccc3N[C@@H]2[C@@H](c2ccc(OC)c(CSc3nnc(-c4ccccc4)o3)c2)N1. The first-order valence-corrected chi connectivity index (χ1v) is 13.5. The fraction of sp³-hybridized carbons (Fsp3) is 0.276. The van der Waals surface area contributed by atoms with E-state index in [-0.39, 0.29) is 24.0 Å². The molecule has 3 heterocycles. The average Bonchev–Trinajstić information content (AvgIpc) is 3.60. The van der Waals surface area contributed by atoms with E-state index in [0.29, 0.717) is 23.3 Å². The fourth-order valence-electron chi connectivity index (χ4n) is 5.48. The summed E-state index contributed by atoms with van der Waals surface area (Å²) in [6.07, 6.45) is 0.678. The normalized spacial score (nSPS) is 21.7. The van der Waals surface area contributed by atoms with Gasteiger partial charge in [-0.1, -0.05) is 54.2 Å². The van der Waals surface area contributed by atoms with Gasteiger partial charge in [-0.15, -0.1) is 10.2 Å². The van der Waals surface area contributed by atoms with E-state index < -0.39 is 6.04 Å². The molecule has 0 aliphatic carbocycles. The van der Waals surface area contributed by atoms with Gasteiger partial charge in [-0.2, -0.15) is 0 Å². The number of thioether (sulfide) groups is 1. The molecule has 9 heteroatoms. The third-order valence-corrected chi connectivity index (χ3v) is 8.14. The largest absolute Gasteiger partial charge is 0.496 e. The minimum absolute atomic E-state index is 0.103. The zero-order valence-corrected chi connectivity index (χ0v) is 21.9. The van der Waals surface area contributed by atoms with Crippen molar-refractivity contribution >= 4 is 23.4 Å². The number of hydrogen-bond donors (Lipinski definition) is 2. The Kier molecular flexibility index (Phi) is 6.78. The number of carbonyl (C=O) groups is 1. The number of rotatable bonds is 7. The highest BCUT2D eigenvalue weighted by Gasteiger charge is 2.45. The fourth-order valence-corrected chi connectivity index (χ4v) is 6.22. The average molecular weight is 529 g/mol. The second-order valence-corrected chi connectivity index (χ2v) is 10.3. The molecule has 0 bridgehead atoms. The number of ether oxygens (including phenoxy) is 2. The molecule has 2 N–H and O–H groups in total. The van der Waals surface area contributed by atoms with Crippen LogP contribution < -0.4 is 15.4 Å². The first kappa shape index (κ1) is 24.5. The summed E-state index contributed by atoms with van der Waals surface area (Å²) in [6.45, 7) is 0. The zero-order chi connectivity index (χ0) is 26.1. The molecule has 0 amide bonds. The van der Waals surface area contributed by atoms with E-state index in [2.05, 4.69) is 51.2 Å². The van der Waals surface area contributed by atoms with Gasteiger partial charge in [-0.05, 0) is 47.9 Å². The number of piperidine rings is 1. The molecular formula is C29H28N4O4S. The highest BCUT2D eigenvalue weighted by atomic mass is 32.2. The lowest BCUT2D eigenvalue weighted by Crippen LogP contribution is -2.52. The van der Waals surface area contributed by atoms with Crippen molar-refractivity contribution in [2.75, 3.05) is 19.5 Å². The molecule has 0 radical (unpaired) electrons. The third-order valence-electron chi connectivity index (χ3n) is 7.27. The predicted molar refractivity (Wildman–Crippen MR) is 145 cm³/mol. The van der Waals surface area contributed by atoms with Crippen molar-refractivity contribution in [1.29, 1.82) is 0 Å². The van der Waals surface area contributed by atoms with Crippen LogP contribution in [0.25, 0.3) is 11.5 Å². The summed E-state index contributed by atoms with van der Waals surface area (Å²) < 4.78 is 16.7. The van der Waals surface area contributed by atoms with Gasteiger partial charge in [0.2, 0.25) is 5.89 Å². The van der Waals surface area contributed by atoms with Crippen LogP contribution in [-0.4, -0.2) is 42.5 Å². The molecule has 1 aromatic heterocycles. The molecule has 194 valence electrons. The highest BCUT2D eigenvalue weighted by molar-refractivity contribution is 7.98. The predicted octanol–water partition coefficient (Wildman–Crippen LogP) is 5.19. The molecule has 3 aromatic carbocycles. The number of benzene rings is 3. The van der Waals surface area contributed by atoms with Gasteiger partial charge in [0.25, 0.3) is 5.22 Å². The second kappa shape index (κ2) is 10.5. The van der Waals surface area contributed by atoms with Gasteiger partial charge in [0.05, 0.1) is 26.3 Å². The van der Waals surface area contributed by atoms with Crippen molar-refractivity contribution in [2.24, 2.45) is 0 Å². The first-order chi connectivity index (χ1) is 18.6. The Morgan fingerprint density at radius 2 is 1.87 bits per heavy atom. The second-order valence-electron chi connectivity index (χ2n) is 9.42. The van der Waals surface area contributed by atoms with Gasteiger partial charge < -0.3 is 19.2 Å². The quantitative estimate of drug-likeness (QED) is 0.248. The van der Waals surface area contributed by atoms with E-state index in [1.807, 2.05) is 42.5 Å². The number of para-hydroxylation sites is 1. The van der Waals surface area contributed by atoms with Crippen molar-refractivity contribution in [3.05, 3.63) is 89.5 Å². The van der Waals surface area contributed by atoms with Gasteiger partial charge >= 0.3 is 5.97 Å². The Hall–Kier alpha value is -3.82. The van der Waals surface area contributed by atoms with Crippen LogP contribution in [0.1, 0.15) is 35.1 Å². The molecule has 0 unspecified atom stereocenters. The van der Waals surface area contributed by atoms with Crippen LogP contribution in [0.4, 0.5) is 5.69 Å². The number of aromatic nitrogens is 2. The summed E-state index contributed by atoms with van der Waals surface area (Å²) in [5.74, 6) is 1.81. The molecule has 2 aliphatic heterocycles. The first-order valence-electron chi connectivity index (χ1n) is 12.5. The summed E-state index contributed by atoms with van der Waals surface area (Å²) in [4.78, 5) is 12.6. The molecule has 0 saturated carbocycles. The lowest BCUT2D eigenvalue weighted by atomic mass is 9.79. The van der Waals surface area contributed by atoms with Crippen LogP contribution >= 0.6 is 11.8 Å². The van der Waals surface area contributed by atoms with Gasteiger partial charge in [0.15, 0.2) is 0 Å². The van der Waals surface area contributed by atoms with Crippen LogP contribution in [0, 0.1) is 0 Å². The molecule has 4 aromatic rings. The van der Waals surface area contributed by atoms with Gasteiger partial charge in [-0.3, -0.25) is 10.1 Å². The molecule has 4 atom stereocenters. The summed E-state index contributed by atoms with van der Waals surface area (Å²) in [5.41, 5.74) is 5.32. The Balaban J connectivity index is 1.26. The van der Waals surface area contributed by atoms with Crippen molar-refractivity contribution in [1.82, 2.24) is 15.5 Å². The van der Waals surface area contributed by atoms with Crippen LogP contribution in [0.15, 0.2) is 82.4 Å². The minimum Gasteiger partial charge on any atom is -0.496 e. The molecule has 0 spiro atoms. The summed E-state index contributed by atoms with van der Waals surface area (Å²) >= 11 is 1.46. The van der Waals surface area contributed by atoms with E-state index in [0.717, 1.165) is 28.1 Å². The summed E-state index contributed by atoms with van der Waals surface area (Å²) in [7, 11) is 3.11. The summed E-state index contributed by atoms with van der Waals surface area (Å²) in [6, 6.07) is 23.8. The van der Waals surface area contributed by atoms with E-state index in [1.165, 1.54) is 24.4 Å². The summed E-state index contributed by atoms with van der Waals surface area (Å²) in [5, 5.41) is 16.2. The molecule has 1 saturated heterocycles. The monoisotopic (exact) mass is 528 g/mol. The standard InChI is InChI=1S/C29H28N4O4S/c1-35-24-13-12-18(14-19(24)16-38-29-33-32-27(37-29)17-8-4-3-5-9-17)25-26-21(15-23(31-25)28(34)36-2)20-10-6-7-11-22(20)30-26/h3-14,21,23,25-26,30-31H,15-16H2,1-2H3/t21-,23-,25+,26-/m0/s1. The topological polar surface area (TPSA) is 98.5 Å². The zero-order valence-electron chi connectivity index (χ0n) is 21.1. The molecule has 2 aliphatic rings. The maximum absolute atomic E-state index is 12.6. The number of methoxy groups -OCH3 is 2. The number of nitrogens with zero attached hydrogens (tertiary/aromatic N) is 2. The van der Waals surface area contributed by atoms with Crippen molar-refractivity contribution < 1.29 is 18.7 Å². The number of anilines is 1. The Morgan fingerprint density at radius 3 is 2.68 bits per heavy atom. The molecular weight excluding hydrogens is 500 g/mol. The van der Waals surface area contributed by atoms with E-state index in [4.69, 9.17) is 13.9 Å². The van der Waals surface area contributed by atoms with Crippen LogP contribution in [0.5, 0.6) is 5.75 Å². The molecule has 38 heavy (non-hydrogen) atoms. The Bertz CT molecular complexity index is 1440. The number of fused-ring (bicyclic) bond motifs is 3. The van der Waals surface area contributed by atoms with Crippen molar-refractivity contribution in [3.63, 3.8) is 0 Å². The van der Waals surface area contributed by atoms with Crippen molar-refractivity contribution in [3.8, 4) is 17.2 Å². The Labute approximate surface area is 225 Å². The van der Waals surface area contributed by atoms with E-state index in [1.54, 1.807) is 7.11 Å². The van der Waals surface area contributed by atoms with Gasteiger partial charge in [0.1, 0.15) is 11.8 Å². The number of hydrogen-bond acceptors (Lipinski definition) is 9. The van der Waals surface area contributed by atoms with Gasteiger partial charge in [-0.25, -0.2) is 0 Å². The number of esters is 1. The van der Waals surface area contributed by atoms with E-state index in [9.17, 15) is 4.79 Å². The number of carbonyl (C=O) groups excluding carboxylic acids is 1.